The molecule has 1 aliphatic rings. The van der Waals surface area contributed by atoms with Crippen molar-refractivity contribution in [3.63, 3.8) is 0 Å². The zero-order valence-corrected chi connectivity index (χ0v) is 6.85. The summed E-state index contributed by atoms with van der Waals surface area (Å²) in [7, 11) is 0. The first-order valence-electron chi connectivity index (χ1n) is 4.10. The highest BCUT2D eigenvalue weighted by Gasteiger charge is 2.23. The van der Waals surface area contributed by atoms with Gasteiger partial charge in [-0.05, 0) is 36.1 Å². The summed E-state index contributed by atoms with van der Waals surface area (Å²) < 4.78 is 25.5. The minimum atomic E-state index is -0.860. The molecule has 0 radical (unpaired) electrons. The molecule has 1 nitrogen and oxygen atoms in total. The largest absolute Gasteiger partial charge is 0.204 e. The van der Waals surface area contributed by atoms with Crippen LogP contribution in [0.3, 0.4) is 0 Å². The number of rotatable bonds is 0. The van der Waals surface area contributed by atoms with Crippen molar-refractivity contribution in [3.8, 4) is 6.07 Å². The molecule has 0 bridgehead atoms. The van der Waals surface area contributed by atoms with Crippen LogP contribution in [0.25, 0.3) is 0 Å². The fourth-order valence-corrected chi connectivity index (χ4v) is 1.73. The Morgan fingerprint density at radius 3 is 2.69 bits per heavy atom. The Morgan fingerprint density at radius 1 is 1.31 bits per heavy atom. The summed E-state index contributed by atoms with van der Waals surface area (Å²) in [5, 5.41) is 8.71. The number of nitriles is 1. The van der Waals surface area contributed by atoms with E-state index in [-0.39, 0.29) is 5.92 Å². The predicted octanol–water partition coefficient (Wildman–Crippen LogP) is 2.52. The maximum atomic E-state index is 12.8. The number of aryl methyl sites for hydroxylation is 1. The van der Waals surface area contributed by atoms with Crippen LogP contribution < -0.4 is 0 Å². The average molecular weight is 179 g/mol. The van der Waals surface area contributed by atoms with E-state index in [0.29, 0.717) is 18.4 Å². The Hall–Kier alpha value is -1.43. The predicted molar refractivity (Wildman–Crippen MR) is 43.0 cm³/mol. The van der Waals surface area contributed by atoms with Gasteiger partial charge in [0.2, 0.25) is 0 Å². The standard InChI is InChI=1S/C10H7F2N/c11-9-3-6-1-2-7(5-13)8(6)4-10(9)12/h3-4,7H,1-2H2. The minimum absolute atomic E-state index is 0.259. The van der Waals surface area contributed by atoms with E-state index in [9.17, 15) is 8.78 Å². The third-order valence-corrected chi connectivity index (χ3v) is 2.42. The molecule has 0 heterocycles. The molecule has 13 heavy (non-hydrogen) atoms. The molecule has 3 heteroatoms. The monoisotopic (exact) mass is 179 g/mol. The van der Waals surface area contributed by atoms with E-state index in [4.69, 9.17) is 5.26 Å². The normalized spacial score (nSPS) is 19.6. The average Bonchev–Trinajstić information content (AvgIpc) is 2.48. The molecule has 0 amide bonds. The highest BCUT2D eigenvalue weighted by molar-refractivity contribution is 5.39. The van der Waals surface area contributed by atoms with Crippen LogP contribution in [-0.4, -0.2) is 0 Å². The number of nitrogens with zero attached hydrogens (tertiary/aromatic N) is 1. The lowest BCUT2D eigenvalue weighted by molar-refractivity contribution is 0.506. The Labute approximate surface area is 74.6 Å². The van der Waals surface area contributed by atoms with Gasteiger partial charge in [-0.15, -0.1) is 0 Å². The molecule has 0 saturated heterocycles. The first kappa shape index (κ1) is 8.18. The van der Waals surface area contributed by atoms with Crippen LogP contribution in [-0.2, 0) is 6.42 Å². The summed E-state index contributed by atoms with van der Waals surface area (Å²) in [6.07, 6.45) is 1.35. The van der Waals surface area contributed by atoms with E-state index in [1.54, 1.807) is 0 Å². The molecule has 1 aliphatic carbocycles. The molecule has 1 aromatic rings. The smallest absolute Gasteiger partial charge is 0.159 e. The maximum absolute atomic E-state index is 12.8. The Bertz CT molecular complexity index is 393. The van der Waals surface area contributed by atoms with Crippen LogP contribution >= 0.6 is 0 Å². The maximum Gasteiger partial charge on any atom is 0.159 e. The number of benzene rings is 1. The van der Waals surface area contributed by atoms with Crippen molar-refractivity contribution in [2.45, 2.75) is 18.8 Å². The van der Waals surface area contributed by atoms with E-state index >= 15 is 0 Å². The summed E-state index contributed by atoms with van der Waals surface area (Å²) in [5.41, 5.74) is 1.42. The lowest BCUT2D eigenvalue weighted by atomic mass is 10.0. The summed E-state index contributed by atoms with van der Waals surface area (Å²) in [5.74, 6) is -1.94. The molecule has 1 aromatic carbocycles. The van der Waals surface area contributed by atoms with Gasteiger partial charge in [0, 0.05) is 0 Å². The quantitative estimate of drug-likeness (QED) is 0.600. The van der Waals surface area contributed by atoms with Gasteiger partial charge >= 0.3 is 0 Å². The zero-order chi connectivity index (χ0) is 9.42. The molecular weight excluding hydrogens is 172 g/mol. The van der Waals surface area contributed by atoms with Crippen molar-refractivity contribution in [2.24, 2.45) is 0 Å². The lowest BCUT2D eigenvalue weighted by Gasteiger charge is -2.02. The van der Waals surface area contributed by atoms with E-state index in [1.165, 1.54) is 6.07 Å². The van der Waals surface area contributed by atoms with Gasteiger partial charge in [-0.1, -0.05) is 0 Å². The molecular formula is C10H7F2N. The van der Waals surface area contributed by atoms with Crippen LogP contribution in [0.5, 0.6) is 0 Å². The SMILES string of the molecule is N#CC1CCc2cc(F)c(F)cc21. The molecule has 0 saturated carbocycles. The molecule has 0 fully saturated rings. The fourth-order valence-electron chi connectivity index (χ4n) is 1.73. The highest BCUT2D eigenvalue weighted by atomic mass is 19.2. The molecule has 2 rings (SSSR count). The summed E-state index contributed by atoms with van der Waals surface area (Å²) >= 11 is 0. The Balaban J connectivity index is 2.55. The summed E-state index contributed by atoms with van der Waals surface area (Å²) in [6.45, 7) is 0. The number of fused-ring (bicyclic) bond motifs is 1. The second kappa shape index (κ2) is 2.81. The summed E-state index contributed by atoms with van der Waals surface area (Å²) in [4.78, 5) is 0. The highest BCUT2D eigenvalue weighted by Crippen LogP contribution is 2.33. The first-order chi connectivity index (χ1) is 6.22. The van der Waals surface area contributed by atoms with E-state index < -0.39 is 11.6 Å². The lowest BCUT2D eigenvalue weighted by Crippen LogP contribution is -1.93. The zero-order valence-electron chi connectivity index (χ0n) is 6.85. The van der Waals surface area contributed by atoms with Gasteiger partial charge in [-0.2, -0.15) is 5.26 Å². The van der Waals surface area contributed by atoms with Crippen molar-refractivity contribution < 1.29 is 8.78 Å². The van der Waals surface area contributed by atoms with E-state index in [2.05, 4.69) is 6.07 Å². The van der Waals surface area contributed by atoms with Gasteiger partial charge in [0.25, 0.3) is 0 Å². The van der Waals surface area contributed by atoms with Crippen molar-refractivity contribution in [3.05, 3.63) is 34.9 Å². The second-order valence-corrected chi connectivity index (χ2v) is 3.19. The van der Waals surface area contributed by atoms with Gasteiger partial charge in [-0.25, -0.2) is 8.78 Å². The topological polar surface area (TPSA) is 23.8 Å². The Kier molecular flexibility index (Phi) is 1.77. The third kappa shape index (κ3) is 1.19. The van der Waals surface area contributed by atoms with Crippen molar-refractivity contribution in [2.75, 3.05) is 0 Å². The van der Waals surface area contributed by atoms with Gasteiger partial charge in [0.15, 0.2) is 11.6 Å². The second-order valence-electron chi connectivity index (χ2n) is 3.19. The summed E-state index contributed by atoms with van der Waals surface area (Å²) in [6, 6.07) is 4.42. The molecule has 0 aromatic heterocycles. The van der Waals surface area contributed by atoms with Crippen LogP contribution in [0, 0.1) is 23.0 Å². The van der Waals surface area contributed by atoms with Crippen LogP contribution in [0.2, 0.25) is 0 Å². The van der Waals surface area contributed by atoms with E-state index in [1.807, 2.05) is 0 Å². The molecule has 0 aliphatic heterocycles. The number of halogens is 2. The van der Waals surface area contributed by atoms with Crippen molar-refractivity contribution >= 4 is 0 Å². The third-order valence-electron chi connectivity index (χ3n) is 2.42. The van der Waals surface area contributed by atoms with Gasteiger partial charge < -0.3 is 0 Å². The van der Waals surface area contributed by atoms with Crippen LogP contribution in [0.15, 0.2) is 12.1 Å². The van der Waals surface area contributed by atoms with Gasteiger partial charge in [0.1, 0.15) is 0 Å². The van der Waals surface area contributed by atoms with Gasteiger partial charge in [-0.3, -0.25) is 0 Å². The molecule has 1 atom stereocenters. The number of hydrogen-bond donors (Lipinski definition) is 0. The van der Waals surface area contributed by atoms with Gasteiger partial charge in [0.05, 0.1) is 12.0 Å². The minimum Gasteiger partial charge on any atom is -0.204 e. The van der Waals surface area contributed by atoms with Crippen molar-refractivity contribution in [1.29, 1.82) is 5.26 Å². The molecule has 0 spiro atoms. The van der Waals surface area contributed by atoms with Crippen molar-refractivity contribution in [1.82, 2.24) is 0 Å². The molecule has 1 unspecified atom stereocenters. The number of hydrogen-bond acceptors (Lipinski definition) is 1. The first-order valence-corrected chi connectivity index (χ1v) is 4.10. The van der Waals surface area contributed by atoms with Crippen LogP contribution in [0.1, 0.15) is 23.5 Å². The van der Waals surface area contributed by atoms with Crippen LogP contribution in [0.4, 0.5) is 8.78 Å². The van der Waals surface area contributed by atoms with E-state index in [0.717, 1.165) is 11.6 Å². The molecule has 66 valence electrons. The Morgan fingerprint density at radius 2 is 2.00 bits per heavy atom. The molecule has 0 N–H and O–H groups in total. The fraction of sp³-hybridized carbons (Fsp3) is 0.300.